The van der Waals surface area contributed by atoms with Crippen molar-refractivity contribution in [1.29, 1.82) is 0 Å². The molecule has 0 radical (unpaired) electrons. The molecule has 0 spiro atoms. The number of aromatic amines is 1. The average molecular weight is 360 g/mol. The molecule has 27 heavy (non-hydrogen) atoms. The molecule has 0 atom stereocenters. The second kappa shape index (κ2) is 6.80. The molecule has 0 saturated carbocycles. The van der Waals surface area contributed by atoms with Crippen molar-refractivity contribution >= 4 is 22.9 Å². The molecular weight excluding hydrogens is 344 g/mol. The zero-order chi connectivity index (χ0) is 18.8. The number of benzene rings is 2. The lowest BCUT2D eigenvalue weighted by Gasteiger charge is -2.04. The van der Waals surface area contributed by atoms with Crippen LogP contribution in [0.3, 0.4) is 0 Å². The van der Waals surface area contributed by atoms with Crippen molar-refractivity contribution < 1.29 is 14.3 Å². The number of phenols is 1. The standard InChI is InChI=1S/C20H16N4O3/c1-12-6-9-19(27-12)16-10-17(23-22-16)20(26)24-21-11-15-14-5-3-2-4-13(14)7-8-18(15)25/h2-11,25H,1H3,(H,22,23)(H,24,26)/b21-11+. The number of carbonyl (C=O) groups is 1. The van der Waals surface area contributed by atoms with Gasteiger partial charge in [-0.15, -0.1) is 0 Å². The van der Waals surface area contributed by atoms with Crippen molar-refractivity contribution in [3.8, 4) is 17.2 Å². The number of nitrogens with zero attached hydrogens (tertiary/aromatic N) is 2. The van der Waals surface area contributed by atoms with Gasteiger partial charge in [0, 0.05) is 11.6 Å². The highest BCUT2D eigenvalue weighted by Gasteiger charge is 2.13. The summed E-state index contributed by atoms with van der Waals surface area (Å²) in [7, 11) is 0. The van der Waals surface area contributed by atoms with Crippen molar-refractivity contribution in [2.75, 3.05) is 0 Å². The van der Waals surface area contributed by atoms with Crippen molar-refractivity contribution in [3.05, 3.63) is 71.6 Å². The third-order valence-electron chi connectivity index (χ3n) is 4.12. The summed E-state index contributed by atoms with van der Waals surface area (Å²) in [5.74, 6) is 0.979. The topological polar surface area (TPSA) is 104 Å². The zero-order valence-corrected chi connectivity index (χ0v) is 14.4. The number of aromatic nitrogens is 2. The van der Waals surface area contributed by atoms with Gasteiger partial charge in [-0.25, -0.2) is 5.43 Å². The highest BCUT2D eigenvalue weighted by Crippen LogP contribution is 2.25. The molecule has 4 rings (SSSR count). The molecule has 7 nitrogen and oxygen atoms in total. The number of rotatable bonds is 4. The number of aromatic hydroxyl groups is 1. The van der Waals surface area contributed by atoms with Crippen LogP contribution in [-0.4, -0.2) is 27.4 Å². The smallest absolute Gasteiger partial charge is 0.291 e. The minimum absolute atomic E-state index is 0.0851. The number of phenolic OH excluding ortho intramolecular Hbond substituents is 1. The summed E-state index contributed by atoms with van der Waals surface area (Å²) >= 11 is 0. The number of amides is 1. The number of fused-ring (bicyclic) bond motifs is 1. The molecule has 2 heterocycles. The van der Waals surface area contributed by atoms with E-state index in [0.29, 0.717) is 17.0 Å². The zero-order valence-electron chi connectivity index (χ0n) is 14.4. The normalized spacial score (nSPS) is 11.3. The molecule has 1 amide bonds. The summed E-state index contributed by atoms with van der Waals surface area (Å²) in [6.45, 7) is 1.84. The van der Waals surface area contributed by atoms with Gasteiger partial charge in [0.05, 0.1) is 6.21 Å². The fourth-order valence-electron chi connectivity index (χ4n) is 2.78. The molecule has 3 N–H and O–H groups in total. The molecule has 134 valence electrons. The maximum Gasteiger partial charge on any atom is 0.291 e. The van der Waals surface area contributed by atoms with Gasteiger partial charge in [0.15, 0.2) is 11.5 Å². The molecule has 0 bridgehead atoms. The Hall–Kier alpha value is -3.87. The van der Waals surface area contributed by atoms with E-state index < -0.39 is 5.91 Å². The van der Waals surface area contributed by atoms with Crippen LogP contribution in [0.5, 0.6) is 5.75 Å². The van der Waals surface area contributed by atoms with Gasteiger partial charge in [0.25, 0.3) is 5.91 Å². The van der Waals surface area contributed by atoms with Gasteiger partial charge >= 0.3 is 0 Å². The number of H-pyrrole nitrogens is 1. The lowest BCUT2D eigenvalue weighted by Crippen LogP contribution is -2.18. The highest BCUT2D eigenvalue weighted by atomic mass is 16.3. The van der Waals surface area contributed by atoms with Gasteiger partial charge < -0.3 is 9.52 Å². The number of hydrogen-bond acceptors (Lipinski definition) is 5. The van der Waals surface area contributed by atoms with E-state index in [1.54, 1.807) is 18.2 Å². The number of hydrogen-bond donors (Lipinski definition) is 3. The van der Waals surface area contributed by atoms with Crippen LogP contribution in [0.1, 0.15) is 21.8 Å². The first kappa shape index (κ1) is 16.6. The predicted octanol–water partition coefficient (Wildman–Crippen LogP) is 3.60. The second-order valence-corrected chi connectivity index (χ2v) is 6.00. The van der Waals surface area contributed by atoms with Crippen LogP contribution in [0.15, 0.2) is 64.1 Å². The van der Waals surface area contributed by atoms with E-state index >= 15 is 0 Å². The Balaban J connectivity index is 1.52. The van der Waals surface area contributed by atoms with Crippen LogP contribution in [-0.2, 0) is 0 Å². The Labute approximate surface area is 154 Å². The van der Waals surface area contributed by atoms with Crippen LogP contribution >= 0.6 is 0 Å². The fourth-order valence-corrected chi connectivity index (χ4v) is 2.78. The largest absolute Gasteiger partial charge is 0.507 e. The molecule has 0 aliphatic carbocycles. The van der Waals surface area contributed by atoms with Gasteiger partial charge in [-0.05, 0) is 35.9 Å². The Kier molecular flexibility index (Phi) is 4.18. The summed E-state index contributed by atoms with van der Waals surface area (Å²) in [6.07, 6.45) is 1.42. The number of nitrogens with one attached hydrogen (secondary N) is 2. The average Bonchev–Trinajstić information content (AvgIpc) is 3.32. The van der Waals surface area contributed by atoms with E-state index in [-0.39, 0.29) is 11.4 Å². The van der Waals surface area contributed by atoms with E-state index in [1.165, 1.54) is 6.21 Å². The Bertz CT molecular complexity index is 1160. The molecular formula is C20H16N4O3. The first-order valence-corrected chi connectivity index (χ1v) is 8.28. The van der Waals surface area contributed by atoms with Crippen LogP contribution < -0.4 is 5.43 Å². The van der Waals surface area contributed by atoms with Crippen molar-refractivity contribution in [2.24, 2.45) is 5.10 Å². The lowest BCUT2D eigenvalue weighted by atomic mass is 10.0. The summed E-state index contributed by atoms with van der Waals surface area (Å²) in [5.41, 5.74) is 3.73. The van der Waals surface area contributed by atoms with E-state index in [1.807, 2.05) is 43.3 Å². The third-order valence-corrected chi connectivity index (χ3v) is 4.12. The molecule has 0 saturated heterocycles. The first-order chi connectivity index (χ1) is 13.1. The van der Waals surface area contributed by atoms with Crippen molar-refractivity contribution in [3.63, 3.8) is 0 Å². The first-order valence-electron chi connectivity index (χ1n) is 8.28. The summed E-state index contributed by atoms with van der Waals surface area (Å²) in [5, 5.41) is 22.6. The quantitative estimate of drug-likeness (QED) is 0.382. The maximum absolute atomic E-state index is 12.2. The molecule has 2 aromatic heterocycles. The van der Waals surface area contributed by atoms with Gasteiger partial charge in [-0.3, -0.25) is 9.89 Å². The lowest BCUT2D eigenvalue weighted by molar-refractivity contribution is 0.0950. The minimum Gasteiger partial charge on any atom is -0.507 e. The Morgan fingerprint density at radius 1 is 1.22 bits per heavy atom. The minimum atomic E-state index is -0.475. The monoisotopic (exact) mass is 360 g/mol. The Morgan fingerprint density at radius 3 is 2.89 bits per heavy atom. The number of carbonyl (C=O) groups excluding carboxylic acids is 1. The van der Waals surface area contributed by atoms with Crippen LogP contribution in [0.25, 0.3) is 22.2 Å². The van der Waals surface area contributed by atoms with E-state index in [4.69, 9.17) is 4.42 Å². The van der Waals surface area contributed by atoms with E-state index in [2.05, 4.69) is 20.7 Å². The van der Waals surface area contributed by atoms with Crippen molar-refractivity contribution in [2.45, 2.75) is 6.92 Å². The molecule has 0 aliphatic heterocycles. The predicted molar refractivity (Wildman–Crippen MR) is 102 cm³/mol. The molecule has 7 heteroatoms. The molecule has 4 aromatic rings. The molecule has 0 aliphatic rings. The van der Waals surface area contributed by atoms with Gasteiger partial charge in [-0.1, -0.05) is 30.3 Å². The summed E-state index contributed by atoms with van der Waals surface area (Å²) < 4.78 is 5.50. The van der Waals surface area contributed by atoms with Gasteiger partial charge in [0.2, 0.25) is 0 Å². The highest BCUT2D eigenvalue weighted by molar-refractivity contribution is 6.03. The maximum atomic E-state index is 12.2. The van der Waals surface area contributed by atoms with E-state index in [9.17, 15) is 9.90 Å². The summed E-state index contributed by atoms with van der Waals surface area (Å²) in [4.78, 5) is 12.2. The Morgan fingerprint density at radius 2 is 2.07 bits per heavy atom. The second-order valence-electron chi connectivity index (χ2n) is 6.00. The molecule has 2 aromatic carbocycles. The molecule has 0 unspecified atom stereocenters. The van der Waals surface area contributed by atoms with Gasteiger partial charge in [0.1, 0.15) is 17.2 Å². The van der Waals surface area contributed by atoms with E-state index in [0.717, 1.165) is 16.5 Å². The SMILES string of the molecule is Cc1ccc(-c2cc(C(=O)N/N=C/c3c(O)ccc4ccccc34)n[nH]2)o1. The van der Waals surface area contributed by atoms with Crippen LogP contribution in [0.4, 0.5) is 0 Å². The van der Waals surface area contributed by atoms with Crippen molar-refractivity contribution in [1.82, 2.24) is 15.6 Å². The van der Waals surface area contributed by atoms with Crippen LogP contribution in [0.2, 0.25) is 0 Å². The van der Waals surface area contributed by atoms with Crippen LogP contribution in [0, 0.1) is 6.92 Å². The third kappa shape index (κ3) is 3.30. The van der Waals surface area contributed by atoms with Gasteiger partial charge in [-0.2, -0.15) is 10.2 Å². The fraction of sp³-hybridized carbons (Fsp3) is 0.0500. The summed E-state index contributed by atoms with van der Waals surface area (Å²) in [6, 6.07) is 16.2. The number of hydrazone groups is 1. The number of furan rings is 1. The number of aryl methyl sites for hydroxylation is 1. The molecule has 0 fully saturated rings.